The first-order valence-electron chi connectivity index (χ1n) is 24.5. The first-order valence-corrected chi connectivity index (χ1v) is 24.5. The van der Waals surface area contributed by atoms with Gasteiger partial charge in [-0.15, -0.1) is 23.8 Å². The van der Waals surface area contributed by atoms with E-state index in [4.69, 9.17) is 9.97 Å². The van der Waals surface area contributed by atoms with Crippen molar-refractivity contribution in [3.05, 3.63) is 192 Å². The van der Waals surface area contributed by atoms with Crippen LogP contribution in [-0.2, 0) is 42.7 Å². The Kier molecular flexibility index (Phi) is 13.7. The molecule has 4 nitrogen and oxygen atoms in total. The first kappa shape index (κ1) is 50.0. The van der Waals surface area contributed by atoms with Crippen molar-refractivity contribution < 1.29 is 26.2 Å². The van der Waals surface area contributed by atoms with E-state index in [9.17, 15) is 5.11 Å². The second-order valence-electron chi connectivity index (χ2n) is 22.5. The van der Waals surface area contributed by atoms with E-state index in [2.05, 4.69) is 251 Å². The Bertz CT molecular complexity index is 3320. The first-order chi connectivity index (χ1) is 32.7. The molecule has 9 rings (SSSR count). The second-order valence-corrected chi connectivity index (χ2v) is 22.5. The number of phenols is 1. The van der Waals surface area contributed by atoms with Crippen molar-refractivity contribution in [2.45, 2.75) is 111 Å². The van der Waals surface area contributed by atoms with Crippen LogP contribution in [-0.4, -0.2) is 19.6 Å². The number of hydrogen-bond acceptors (Lipinski definition) is 3. The van der Waals surface area contributed by atoms with Crippen LogP contribution in [0.5, 0.6) is 5.75 Å². The molecule has 0 aliphatic carbocycles. The average molecular weight is 1100 g/mol. The third-order valence-corrected chi connectivity index (χ3v) is 14.1. The predicted molar refractivity (Wildman–Crippen MR) is 291 cm³/mol. The number of pyridine rings is 1. The molecule has 0 bridgehead atoms. The molecule has 5 heteroatoms. The Balaban J connectivity index is 0.00000659. The van der Waals surface area contributed by atoms with Crippen LogP contribution in [0.25, 0.3) is 83.9 Å². The van der Waals surface area contributed by atoms with Gasteiger partial charge in [-0.1, -0.05) is 215 Å². The zero-order valence-electron chi connectivity index (χ0n) is 42.9. The summed E-state index contributed by atoms with van der Waals surface area (Å²) in [5.74, 6) is 0.926. The monoisotopic (exact) mass is 1100 g/mol. The van der Waals surface area contributed by atoms with Crippen molar-refractivity contribution in [1.82, 2.24) is 14.5 Å². The van der Waals surface area contributed by atoms with Gasteiger partial charge in [0, 0.05) is 44.1 Å². The van der Waals surface area contributed by atoms with E-state index in [1.807, 2.05) is 6.20 Å². The van der Waals surface area contributed by atoms with Gasteiger partial charge >= 0.3 is 0 Å². The number of fused-ring (bicyclic) bond motifs is 1. The fourth-order valence-corrected chi connectivity index (χ4v) is 9.33. The number of hydrogen-bond donors (Lipinski definition) is 1. The summed E-state index contributed by atoms with van der Waals surface area (Å²) >= 11 is 0. The van der Waals surface area contributed by atoms with Gasteiger partial charge in [0.15, 0.2) is 0 Å². The smallest absolute Gasteiger partial charge is 0.148 e. The van der Waals surface area contributed by atoms with Crippen molar-refractivity contribution in [2.75, 3.05) is 0 Å². The topological polar surface area (TPSA) is 50.9 Å². The molecule has 0 spiro atoms. The molecule has 0 fully saturated rings. The zero-order valence-corrected chi connectivity index (χ0v) is 45.2. The van der Waals surface area contributed by atoms with Crippen LogP contribution in [0.15, 0.2) is 164 Å². The molecule has 358 valence electrons. The van der Waals surface area contributed by atoms with Gasteiger partial charge in [-0.25, -0.2) is 4.98 Å². The van der Waals surface area contributed by atoms with Crippen LogP contribution < -0.4 is 0 Å². The molecule has 0 unspecified atom stereocenters. The van der Waals surface area contributed by atoms with E-state index >= 15 is 0 Å². The molecule has 70 heavy (non-hydrogen) atoms. The standard InChI is InChI=1S/C65H66N3O.Pt/c1-13-65(11,12)50-31-32-57(53(39-50)44-23-18-15-19-24-44)68-58-26-20-25-52(59(58)67-61(68)54-40-51(63(5,6)7)41-55(60(54)69)64(8,9)10)47-35-46(42-21-16-14-17-22-42)36-48(37-47)56-38-45(33-34-66-56)43-27-29-49(30-28-43)62(2,3)4;/h14-36,38-41,69H,13H2,1-12H3;/q-1;. The van der Waals surface area contributed by atoms with Crippen LogP contribution in [0.3, 0.4) is 0 Å². The summed E-state index contributed by atoms with van der Waals surface area (Å²) in [4.78, 5) is 10.7. The van der Waals surface area contributed by atoms with Crippen LogP contribution in [0, 0.1) is 6.07 Å². The van der Waals surface area contributed by atoms with Gasteiger partial charge < -0.3 is 5.11 Å². The third kappa shape index (κ3) is 9.86. The number of aromatic nitrogens is 3. The van der Waals surface area contributed by atoms with Gasteiger partial charge in [0.05, 0.1) is 22.3 Å². The number of aromatic hydroxyl groups is 1. The average Bonchev–Trinajstić information content (AvgIpc) is 3.73. The van der Waals surface area contributed by atoms with E-state index in [0.29, 0.717) is 11.4 Å². The molecule has 0 saturated heterocycles. The van der Waals surface area contributed by atoms with E-state index < -0.39 is 0 Å². The summed E-state index contributed by atoms with van der Waals surface area (Å²) in [7, 11) is 0. The van der Waals surface area contributed by atoms with Gasteiger partial charge in [0.2, 0.25) is 0 Å². The van der Waals surface area contributed by atoms with Crippen LogP contribution in [0.2, 0.25) is 0 Å². The molecule has 1 N–H and O–H groups in total. The van der Waals surface area contributed by atoms with Crippen LogP contribution in [0.4, 0.5) is 0 Å². The molecule has 0 amide bonds. The fraction of sp³-hybridized carbons (Fsp3) is 0.262. The van der Waals surface area contributed by atoms with Gasteiger partial charge in [-0.3, -0.25) is 9.55 Å². The zero-order chi connectivity index (χ0) is 49.0. The third-order valence-electron chi connectivity index (χ3n) is 14.1. The van der Waals surface area contributed by atoms with Gasteiger partial charge in [-0.2, -0.15) is 0 Å². The van der Waals surface area contributed by atoms with E-state index in [1.165, 1.54) is 11.1 Å². The molecule has 0 saturated carbocycles. The maximum absolute atomic E-state index is 12.6. The van der Waals surface area contributed by atoms with Crippen LogP contribution >= 0.6 is 0 Å². The van der Waals surface area contributed by atoms with Gasteiger partial charge in [0.1, 0.15) is 11.6 Å². The Hall–Kier alpha value is -6.35. The molecule has 7 aromatic carbocycles. The minimum Gasteiger partial charge on any atom is -0.507 e. The minimum absolute atomic E-state index is 0. The summed E-state index contributed by atoms with van der Waals surface area (Å²) in [5, 5.41) is 12.6. The molecule has 0 atom stereocenters. The van der Waals surface area contributed by atoms with Crippen molar-refractivity contribution in [2.24, 2.45) is 0 Å². The molecule has 2 aromatic heterocycles. The summed E-state index contributed by atoms with van der Waals surface area (Å²) < 4.78 is 2.29. The van der Waals surface area contributed by atoms with Crippen molar-refractivity contribution in [3.8, 4) is 78.6 Å². The quantitative estimate of drug-likeness (QED) is 0.147. The number of nitrogens with zero attached hydrogens (tertiary/aromatic N) is 3. The summed E-state index contributed by atoms with van der Waals surface area (Å²) in [6.07, 6.45) is 2.90. The largest absolute Gasteiger partial charge is 0.507 e. The van der Waals surface area contributed by atoms with E-state index in [-0.39, 0.29) is 48.5 Å². The van der Waals surface area contributed by atoms with Crippen molar-refractivity contribution in [3.63, 3.8) is 0 Å². The summed E-state index contributed by atoms with van der Waals surface area (Å²) in [6.45, 7) is 26.8. The summed E-state index contributed by atoms with van der Waals surface area (Å²) in [6, 6.07) is 60.4. The van der Waals surface area contributed by atoms with Crippen LogP contribution in [0.1, 0.15) is 112 Å². The SMILES string of the molecule is CCC(C)(C)c1ccc(-n2c(-c3cc(C(C)(C)C)cc(C(C)(C)C)c3O)nc3c(-c4[c-]c(-c5cc(-c6ccc(C(C)(C)C)cc6)ccn5)cc(-c5ccccc5)c4)cccc32)c(-c2ccccc2)c1.[Pt]. The fourth-order valence-electron chi connectivity index (χ4n) is 9.33. The van der Waals surface area contributed by atoms with E-state index in [1.54, 1.807) is 0 Å². The number of benzene rings is 7. The van der Waals surface area contributed by atoms with E-state index in [0.717, 1.165) is 90.0 Å². The molecule has 2 heterocycles. The number of rotatable bonds is 9. The number of para-hydroxylation sites is 1. The van der Waals surface area contributed by atoms with Gasteiger partial charge in [0.25, 0.3) is 0 Å². The maximum Gasteiger partial charge on any atom is 0.148 e. The molecule has 0 aliphatic heterocycles. The molecular weight excluding hydrogens is 1030 g/mol. The van der Waals surface area contributed by atoms with Crippen molar-refractivity contribution >= 4 is 11.0 Å². The molecule has 0 aliphatic rings. The Labute approximate surface area is 431 Å². The van der Waals surface area contributed by atoms with Gasteiger partial charge in [-0.05, 0) is 97.4 Å². The molecule has 9 aromatic rings. The number of imidazole rings is 1. The maximum atomic E-state index is 12.6. The number of phenolic OH excluding ortho intramolecular Hbond substituents is 1. The summed E-state index contributed by atoms with van der Waals surface area (Å²) in [5.41, 5.74) is 17.7. The normalized spacial score (nSPS) is 12.3. The Morgan fingerprint density at radius 3 is 1.73 bits per heavy atom. The second kappa shape index (κ2) is 19.1. The molecular formula is C65H66N3OPt-. The Morgan fingerprint density at radius 2 is 1.10 bits per heavy atom. The van der Waals surface area contributed by atoms with Crippen molar-refractivity contribution in [1.29, 1.82) is 0 Å². The Morgan fingerprint density at radius 1 is 0.500 bits per heavy atom. The predicted octanol–water partition coefficient (Wildman–Crippen LogP) is 17.5. The minimum atomic E-state index is -0.338. The molecule has 0 radical (unpaired) electrons.